The van der Waals surface area contributed by atoms with Crippen LogP contribution in [0.5, 0.6) is 0 Å². The zero-order chi connectivity index (χ0) is 8.04. The van der Waals surface area contributed by atoms with Crippen molar-refractivity contribution in [2.45, 2.75) is 25.4 Å². The third-order valence-electron chi connectivity index (χ3n) is 1.44. The van der Waals surface area contributed by atoms with E-state index in [1.807, 2.05) is 20.0 Å². The molecule has 0 aliphatic heterocycles. The SMILES string of the molecule is C=CCCC(C)(O)CNC. The van der Waals surface area contributed by atoms with Gasteiger partial charge in [-0.25, -0.2) is 0 Å². The van der Waals surface area contributed by atoms with Gasteiger partial charge in [-0.2, -0.15) is 0 Å². The molecule has 2 nitrogen and oxygen atoms in total. The molecule has 0 aromatic carbocycles. The maximum atomic E-state index is 9.54. The van der Waals surface area contributed by atoms with Crippen LogP contribution in [0.15, 0.2) is 12.7 Å². The average molecular weight is 143 g/mol. The summed E-state index contributed by atoms with van der Waals surface area (Å²) in [5, 5.41) is 12.5. The van der Waals surface area contributed by atoms with Gasteiger partial charge < -0.3 is 10.4 Å². The number of hydrogen-bond acceptors (Lipinski definition) is 2. The van der Waals surface area contributed by atoms with E-state index in [4.69, 9.17) is 0 Å². The topological polar surface area (TPSA) is 32.3 Å². The number of nitrogens with one attached hydrogen (secondary N) is 1. The summed E-state index contributed by atoms with van der Waals surface area (Å²) in [6.07, 6.45) is 3.47. The normalized spacial score (nSPS) is 16.3. The van der Waals surface area contributed by atoms with Crippen LogP contribution in [0, 0.1) is 0 Å². The molecule has 0 rings (SSSR count). The van der Waals surface area contributed by atoms with Gasteiger partial charge in [0.05, 0.1) is 5.60 Å². The third kappa shape index (κ3) is 4.53. The fourth-order valence-electron chi connectivity index (χ4n) is 0.882. The smallest absolute Gasteiger partial charge is 0.0746 e. The van der Waals surface area contributed by atoms with Gasteiger partial charge in [-0.3, -0.25) is 0 Å². The van der Waals surface area contributed by atoms with Gasteiger partial charge >= 0.3 is 0 Å². The molecule has 60 valence electrons. The van der Waals surface area contributed by atoms with Crippen LogP contribution in [-0.2, 0) is 0 Å². The number of rotatable bonds is 5. The fraction of sp³-hybridized carbons (Fsp3) is 0.750. The minimum absolute atomic E-state index is 0.580. The zero-order valence-electron chi connectivity index (χ0n) is 6.85. The number of likely N-dealkylation sites (N-methyl/N-ethyl adjacent to an activating group) is 1. The second-order valence-corrected chi connectivity index (χ2v) is 2.85. The molecular weight excluding hydrogens is 126 g/mol. The van der Waals surface area contributed by atoms with Crippen molar-refractivity contribution < 1.29 is 5.11 Å². The van der Waals surface area contributed by atoms with E-state index < -0.39 is 5.60 Å². The number of aliphatic hydroxyl groups is 1. The van der Waals surface area contributed by atoms with Gasteiger partial charge in [0.2, 0.25) is 0 Å². The predicted molar refractivity (Wildman–Crippen MR) is 44.0 cm³/mol. The Morgan fingerprint density at radius 3 is 2.70 bits per heavy atom. The van der Waals surface area contributed by atoms with E-state index in [1.54, 1.807) is 0 Å². The highest BCUT2D eigenvalue weighted by Crippen LogP contribution is 2.10. The van der Waals surface area contributed by atoms with Crippen LogP contribution in [0.3, 0.4) is 0 Å². The molecule has 2 N–H and O–H groups in total. The molecule has 0 bridgehead atoms. The lowest BCUT2D eigenvalue weighted by molar-refractivity contribution is 0.0539. The number of allylic oxidation sites excluding steroid dienone is 1. The van der Waals surface area contributed by atoms with E-state index in [2.05, 4.69) is 11.9 Å². The van der Waals surface area contributed by atoms with Crippen molar-refractivity contribution in [3.8, 4) is 0 Å². The van der Waals surface area contributed by atoms with E-state index >= 15 is 0 Å². The van der Waals surface area contributed by atoms with Gasteiger partial charge in [0, 0.05) is 6.54 Å². The summed E-state index contributed by atoms with van der Waals surface area (Å²) in [5.41, 5.74) is -0.580. The second-order valence-electron chi connectivity index (χ2n) is 2.85. The van der Waals surface area contributed by atoms with E-state index in [9.17, 15) is 5.11 Å². The molecule has 0 aliphatic rings. The lowest BCUT2D eigenvalue weighted by Gasteiger charge is -2.21. The molecule has 0 aromatic rings. The van der Waals surface area contributed by atoms with Gasteiger partial charge in [0.15, 0.2) is 0 Å². The summed E-state index contributed by atoms with van der Waals surface area (Å²) < 4.78 is 0. The van der Waals surface area contributed by atoms with Gasteiger partial charge in [-0.15, -0.1) is 6.58 Å². The molecular formula is C8H17NO. The Bertz CT molecular complexity index is 99.4. The molecule has 1 unspecified atom stereocenters. The second kappa shape index (κ2) is 4.47. The first-order valence-corrected chi connectivity index (χ1v) is 3.60. The summed E-state index contributed by atoms with van der Waals surface area (Å²) in [7, 11) is 1.84. The Morgan fingerprint density at radius 1 is 1.70 bits per heavy atom. The lowest BCUT2D eigenvalue weighted by Crippen LogP contribution is -2.35. The Balaban J connectivity index is 3.51. The molecule has 0 radical (unpaired) electrons. The van der Waals surface area contributed by atoms with Crippen molar-refractivity contribution in [2.75, 3.05) is 13.6 Å². The molecule has 2 heteroatoms. The van der Waals surface area contributed by atoms with E-state index in [-0.39, 0.29) is 0 Å². The van der Waals surface area contributed by atoms with Crippen molar-refractivity contribution in [3.05, 3.63) is 12.7 Å². The van der Waals surface area contributed by atoms with Crippen molar-refractivity contribution in [2.24, 2.45) is 0 Å². The van der Waals surface area contributed by atoms with Crippen LogP contribution in [0.25, 0.3) is 0 Å². The molecule has 0 aromatic heterocycles. The fourth-order valence-corrected chi connectivity index (χ4v) is 0.882. The summed E-state index contributed by atoms with van der Waals surface area (Å²) >= 11 is 0. The Morgan fingerprint density at radius 2 is 2.30 bits per heavy atom. The Hall–Kier alpha value is -0.340. The molecule has 0 fully saturated rings. The van der Waals surface area contributed by atoms with Crippen LogP contribution >= 0.6 is 0 Å². The first kappa shape index (κ1) is 9.66. The molecule has 0 saturated carbocycles. The first-order chi connectivity index (χ1) is 4.62. The average Bonchev–Trinajstić information content (AvgIpc) is 1.84. The highest BCUT2D eigenvalue weighted by molar-refractivity contribution is 4.79. The minimum atomic E-state index is -0.580. The van der Waals surface area contributed by atoms with E-state index in [1.165, 1.54) is 0 Å². The molecule has 0 aliphatic carbocycles. The van der Waals surface area contributed by atoms with Crippen molar-refractivity contribution >= 4 is 0 Å². The summed E-state index contributed by atoms with van der Waals surface area (Å²) in [5.74, 6) is 0. The Labute approximate surface area is 62.9 Å². The van der Waals surface area contributed by atoms with Gasteiger partial charge in [-0.1, -0.05) is 6.08 Å². The molecule has 0 spiro atoms. The highest BCUT2D eigenvalue weighted by Gasteiger charge is 2.16. The van der Waals surface area contributed by atoms with Crippen molar-refractivity contribution in [1.29, 1.82) is 0 Å². The van der Waals surface area contributed by atoms with Crippen LogP contribution in [0.2, 0.25) is 0 Å². The van der Waals surface area contributed by atoms with Gasteiger partial charge in [0.25, 0.3) is 0 Å². The summed E-state index contributed by atoms with van der Waals surface area (Å²) in [4.78, 5) is 0. The van der Waals surface area contributed by atoms with Gasteiger partial charge in [0.1, 0.15) is 0 Å². The maximum absolute atomic E-state index is 9.54. The van der Waals surface area contributed by atoms with Crippen LogP contribution in [0.4, 0.5) is 0 Å². The predicted octanol–water partition coefficient (Wildman–Crippen LogP) is 0.923. The highest BCUT2D eigenvalue weighted by atomic mass is 16.3. The minimum Gasteiger partial charge on any atom is -0.389 e. The van der Waals surface area contributed by atoms with Crippen LogP contribution in [-0.4, -0.2) is 24.3 Å². The van der Waals surface area contributed by atoms with E-state index in [0.29, 0.717) is 6.54 Å². The Kier molecular flexibility index (Phi) is 4.32. The molecule has 0 amide bonds. The summed E-state index contributed by atoms with van der Waals surface area (Å²) in [6.45, 7) is 6.06. The van der Waals surface area contributed by atoms with Gasteiger partial charge in [-0.05, 0) is 26.8 Å². The summed E-state index contributed by atoms with van der Waals surface area (Å²) in [6, 6.07) is 0. The molecule has 10 heavy (non-hydrogen) atoms. The number of hydrogen-bond donors (Lipinski definition) is 2. The zero-order valence-corrected chi connectivity index (χ0v) is 6.85. The largest absolute Gasteiger partial charge is 0.389 e. The first-order valence-electron chi connectivity index (χ1n) is 3.60. The van der Waals surface area contributed by atoms with Crippen LogP contribution < -0.4 is 5.32 Å². The maximum Gasteiger partial charge on any atom is 0.0746 e. The quantitative estimate of drug-likeness (QED) is 0.561. The van der Waals surface area contributed by atoms with Crippen molar-refractivity contribution in [1.82, 2.24) is 5.32 Å². The molecule has 1 atom stereocenters. The van der Waals surface area contributed by atoms with Crippen LogP contribution in [0.1, 0.15) is 19.8 Å². The van der Waals surface area contributed by atoms with Crippen molar-refractivity contribution in [3.63, 3.8) is 0 Å². The monoisotopic (exact) mass is 143 g/mol. The standard InChI is InChI=1S/C8H17NO/c1-4-5-6-8(2,10)7-9-3/h4,9-10H,1,5-7H2,2-3H3. The molecule has 0 saturated heterocycles. The van der Waals surface area contributed by atoms with E-state index in [0.717, 1.165) is 12.8 Å². The third-order valence-corrected chi connectivity index (χ3v) is 1.44. The molecule has 0 heterocycles. The lowest BCUT2D eigenvalue weighted by atomic mass is 10.0.